The largest absolute Gasteiger partial charge is 0.167 e. The predicted molar refractivity (Wildman–Crippen MR) is 44.5 cm³/mol. The Bertz CT molecular complexity index is 156. The number of unbranched alkanes of at least 4 members (excludes halogenated alkanes) is 3. The molecule has 0 radical (unpaired) electrons. The first-order valence-electron chi connectivity index (χ1n) is 4.01. The molecule has 0 aliphatic carbocycles. The fourth-order valence-electron chi connectivity index (χ4n) is 0.717. The third kappa shape index (κ3) is 8.80. The lowest BCUT2D eigenvalue weighted by Crippen LogP contribution is -1.79. The maximum Gasteiger partial charge on any atom is 0.102 e. The average molecular weight is 171 g/mol. The molecule has 68 valence electrons. The summed E-state index contributed by atoms with van der Waals surface area (Å²) in [6, 6.07) is 0. The zero-order chi connectivity index (χ0) is 9.07. The molecule has 0 fully saturated rings. The van der Waals surface area contributed by atoms with E-state index in [4.69, 9.17) is 0 Å². The fourth-order valence-corrected chi connectivity index (χ4v) is 0.717. The molecule has 0 spiro atoms. The third-order valence-electron chi connectivity index (χ3n) is 1.29. The maximum absolute atomic E-state index is 9.37. The van der Waals surface area contributed by atoms with E-state index in [-0.39, 0.29) is 0 Å². The first kappa shape index (κ1) is 10.8. The molecule has 0 aromatic carbocycles. The van der Waals surface area contributed by atoms with E-state index in [1.54, 1.807) is 0 Å². The molecule has 0 rings (SSSR count). The van der Waals surface area contributed by atoms with Crippen LogP contribution in [-0.2, 0) is 0 Å². The number of hydrogen-bond acceptors (Lipinski definition) is 2. The Kier molecular flexibility index (Phi) is 8.82. The van der Waals surface area contributed by atoms with Crippen LogP contribution in [0, 0.1) is 4.91 Å². The van der Waals surface area contributed by atoms with E-state index in [0.717, 1.165) is 12.8 Å². The maximum atomic E-state index is 9.37. The van der Waals surface area contributed by atoms with Gasteiger partial charge in [-0.3, -0.25) is 0 Å². The summed E-state index contributed by atoms with van der Waals surface area (Å²) in [7, 11) is 0. The Hall–Kier alpha value is -1.20. The molecule has 0 aromatic heterocycles. The van der Waals surface area contributed by atoms with Gasteiger partial charge in [-0.15, -0.1) is 4.91 Å². The first-order chi connectivity index (χ1) is 5.91. The molecule has 0 aromatic rings. The highest BCUT2D eigenvalue weighted by Gasteiger charge is 1.84. The smallest absolute Gasteiger partial charge is 0.102 e. The molecule has 0 N–H and O–H groups in total. The van der Waals surface area contributed by atoms with Gasteiger partial charge >= 0.3 is 0 Å². The van der Waals surface area contributed by atoms with E-state index in [1.165, 1.54) is 12.8 Å². The summed E-state index contributed by atoms with van der Waals surface area (Å²) in [6.45, 7) is 2.78. The van der Waals surface area contributed by atoms with Crippen molar-refractivity contribution in [3.05, 3.63) is 4.91 Å². The average Bonchev–Trinajstić information content (AvgIpc) is 2.10. The van der Waals surface area contributed by atoms with Crippen LogP contribution in [0.4, 0.5) is 0 Å². The molecular weight excluding hydrogens is 158 g/mol. The van der Waals surface area contributed by atoms with Crippen LogP contribution in [0.5, 0.6) is 0 Å². The van der Waals surface area contributed by atoms with Gasteiger partial charge in [-0.25, -0.2) is 0 Å². The van der Waals surface area contributed by atoms with Crippen LogP contribution in [0.3, 0.4) is 0 Å². The highest BCUT2D eigenvalue weighted by molar-refractivity contribution is 4.41. The summed E-state index contributed by atoms with van der Waals surface area (Å²) >= 11 is 0. The van der Waals surface area contributed by atoms with Gasteiger partial charge in [0, 0.05) is 5.22 Å². The summed E-state index contributed by atoms with van der Waals surface area (Å²) in [4.78, 5) is 9.37. The highest BCUT2D eigenvalue weighted by Crippen LogP contribution is 1.98. The zero-order valence-electron chi connectivity index (χ0n) is 7.18. The molecule has 0 atom stereocenters. The Balaban J connectivity index is 3.13. The van der Waals surface area contributed by atoms with Crippen molar-refractivity contribution in [2.45, 2.75) is 32.6 Å². The SMILES string of the molecule is CCCCCCN=NN=NN=O. The lowest BCUT2D eigenvalue weighted by Gasteiger charge is -1.91. The normalized spacial score (nSPS) is 11.4. The topological polar surface area (TPSA) is 78.9 Å². The fraction of sp³-hybridized carbons (Fsp3) is 1.00. The van der Waals surface area contributed by atoms with E-state index in [0.29, 0.717) is 6.54 Å². The number of rotatable bonds is 7. The van der Waals surface area contributed by atoms with Crippen molar-refractivity contribution in [1.29, 1.82) is 0 Å². The zero-order valence-corrected chi connectivity index (χ0v) is 7.18. The molecule has 0 heterocycles. The van der Waals surface area contributed by atoms with Gasteiger partial charge in [0.15, 0.2) is 0 Å². The molecule has 0 saturated carbocycles. The summed E-state index contributed by atoms with van der Waals surface area (Å²) in [6.07, 6.45) is 4.57. The lowest BCUT2D eigenvalue weighted by atomic mass is 10.2. The molecule has 0 bridgehead atoms. The summed E-state index contributed by atoms with van der Waals surface area (Å²) < 4.78 is 0. The van der Waals surface area contributed by atoms with E-state index in [2.05, 4.69) is 33.0 Å². The van der Waals surface area contributed by atoms with Crippen molar-refractivity contribution in [1.82, 2.24) is 0 Å². The van der Waals surface area contributed by atoms with Crippen molar-refractivity contribution in [2.75, 3.05) is 6.54 Å². The van der Waals surface area contributed by atoms with Crippen molar-refractivity contribution < 1.29 is 0 Å². The monoisotopic (exact) mass is 171 g/mol. The molecule has 0 amide bonds. The van der Waals surface area contributed by atoms with E-state index >= 15 is 0 Å². The van der Waals surface area contributed by atoms with Gasteiger partial charge < -0.3 is 0 Å². The summed E-state index contributed by atoms with van der Waals surface area (Å²) in [5.41, 5.74) is 0. The van der Waals surface area contributed by atoms with Crippen LogP contribution < -0.4 is 0 Å². The molecule has 0 aliphatic heterocycles. The van der Waals surface area contributed by atoms with Crippen LogP contribution in [0.25, 0.3) is 0 Å². The molecule has 6 nitrogen and oxygen atoms in total. The van der Waals surface area contributed by atoms with Crippen molar-refractivity contribution in [2.24, 2.45) is 26.1 Å². The van der Waals surface area contributed by atoms with Crippen molar-refractivity contribution in [3.63, 3.8) is 0 Å². The quantitative estimate of drug-likeness (QED) is 0.251. The Morgan fingerprint density at radius 2 is 1.83 bits per heavy atom. The number of nitrogens with zero attached hydrogens (tertiary/aromatic N) is 5. The number of hydrogen-bond donors (Lipinski definition) is 0. The van der Waals surface area contributed by atoms with Crippen LogP contribution in [0.1, 0.15) is 32.6 Å². The van der Waals surface area contributed by atoms with Gasteiger partial charge in [0.2, 0.25) is 0 Å². The number of nitroso groups, excluding NO2 is 1. The van der Waals surface area contributed by atoms with Crippen LogP contribution in [0.15, 0.2) is 26.1 Å². The van der Waals surface area contributed by atoms with Crippen molar-refractivity contribution in [3.8, 4) is 0 Å². The minimum absolute atomic E-state index is 0.637. The van der Waals surface area contributed by atoms with Gasteiger partial charge in [0.25, 0.3) is 0 Å². The van der Waals surface area contributed by atoms with Gasteiger partial charge in [-0.2, -0.15) is 5.11 Å². The minimum atomic E-state index is 0.637. The lowest BCUT2D eigenvalue weighted by molar-refractivity contribution is 0.658. The standard InChI is InChI=1S/C6H13N5O/c1-2-3-4-5-6-7-8-9-10-11-12/h2-6H2,1H3. The van der Waals surface area contributed by atoms with Gasteiger partial charge in [0.05, 0.1) is 6.54 Å². The summed E-state index contributed by atoms with van der Waals surface area (Å²) in [5, 5.41) is 14.8. The molecule has 0 unspecified atom stereocenters. The van der Waals surface area contributed by atoms with Gasteiger partial charge in [-0.05, 0) is 16.9 Å². The first-order valence-corrected chi connectivity index (χ1v) is 4.01. The Morgan fingerprint density at radius 1 is 1.00 bits per heavy atom. The highest BCUT2D eigenvalue weighted by atomic mass is 16.3. The second-order valence-electron chi connectivity index (χ2n) is 2.28. The van der Waals surface area contributed by atoms with Crippen LogP contribution in [-0.4, -0.2) is 6.54 Å². The Labute approximate surface area is 71.1 Å². The van der Waals surface area contributed by atoms with Crippen LogP contribution in [0.2, 0.25) is 0 Å². The Morgan fingerprint density at radius 3 is 2.50 bits per heavy atom. The van der Waals surface area contributed by atoms with E-state index in [9.17, 15) is 4.91 Å². The molecular formula is C6H13N5O. The van der Waals surface area contributed by atoms with Gasteiger partial charge in [-0.1, -0.05) is 26.2 Å². The van der Waals surface area contributed by atoms with Crippen LogP contribution >= 0.6 is 0 Å². The summed E-state index contributed by atoms with van der Waals surface area (Å²) in [5.74, 6) is 0. The predicted octanol–water partition coefficient (Wildman–Crippen LogP) is 3.07. The molecule has 0 saturated heterocycles. The van der Waals surface area contributed by atoms with E-state index in [1.807, 2.05) is 0 Å². The van der Waals surface area contributed by atoms with Crippen molar-refractivity contribution >= 4 is 0 Å². The van der Waals surface area contributed by atoms with E-state index < -0.39 is 0 Å². The molecule has 6 heteroatoms. The second-order valence-corrected chi connectivity index (χ2v) is 2.28. The molecule has 12 heavy (non-hydrogen) atoms. The van der Waals surface area contributed by atoms with Gasteiger partial charge in [0.1, 0.15) is 5.29 Å². The third-order valence-corrected chi connectivity index (χ3v) is 1.29. The minimum Gasteiger partial charge on any atom is -0.167 e. The molecule has 0 aliphatic rings. The second kappa shape index (κ2) is 9.80.